The highest BCUT2D eigenvalue weighted by Gasteiger charge is 2.22. The lowest BCUT2D eigenvalue weighted by atomic mass is 10.0. The molecule has 0 aliphatic rings. The number of rotatable bonds is 11. The van der Waals surface area contributed by atoms with Gasteiger partial charge in [0.2, 0.25) is 0 Å². The zero-order chi connectivity index (χ0) is 15.7. The van der Waals surface area contributed by atoms with Gasteiger partial charge in [0.05, 0.1) is 0 Å². The van der Waals surface area contributed by atoms with Crippen molar-refractivity contribution in [1.29, 1.82) is 0 Å². The fourth-order valence-corrected chi connectivity index (χ4v) is 5.03. The Morgan fingerprint density at radius 3 is 1.00 bits per heavy atom. The van der Waals surface area contributed by atoms with Crippen LogP contribution in [0, 0.1) is 0 Å². The summed E-state index contributed by atoms with van der Waals surface area (Å²) in [5.74, 6) is 1.54. The lowest BCUT2D eigenvalue weighted by Crippen LogP contribution is -2.25. The van der Waals surface area contributed by atoms with E-state index in [2.05, 4.69) is 101 Å². The smallest absolute Gasteiger partial charge is 0.0144 e. The van der Waals surface area contributed by atoms with E-state index < -0.39 is 0 Å². The van der Waals surface area contributed by atoms with Crippen LogP contribution >= 0.6 is 101 Å². The molecule has 0 saturated heterocycles. The van der Waals surface area contributed by atoms with Crippen molar-refractivity contribution in [3.8, 4) is 0 Å². The van der Waals surface area contributed by atoms with Gasteiger partial charge in [-0.15, -0.1) is 0 Å². The molecule has 0 aliphatic carbocycles. The maximum absolute atomic E-state index is 4.67. The highest BCUT2D eigenvalue weighted by atomic mass is 32.1. The minimum atomic E-state index is 0.213. The molecule has 20 heavy (non-hydrogen) atoms. The molecule has 0 amide bonds. The van der Waals surface area contributed by atoms with Crippen molar-refractivity contribution in [1.82, 2.24) is 0 Å². The van der Waals surface area contributed by atoms with Crippen LogP contribution in [0.1, 0.15) is 25.7 Å². The highest BCUT2D eigenvalue weighted by molar-refractivity contribution is 7.86. The van der Waals surface area contributed by atoms with E-state index >= 15 is 0 Å². The Hall–Kier alpha value is 2.80. The Bertz CT molecular complexity index is 215. The lowest BCUT2D eigenvalue weighted by molar-refractivity contribution is 0.612. The molecule has 0 rings (SSSR count). The lowest BCUT2D eigenvalue weighted by Gasteiger charge is -2.25. The molecule has 0 aromatic carbocycles. The maximum atomic E-state index is 4.67. The normalized spacial score (nSPS) is 21.0. The molecular formula is C12H26S8. The first-order valence-electron chi connectivity index (χ1n) is 6.60. The first-order valence-corrected chi connectivity index (χ1v) is 11.0. The summed E-state index contributed by atoms with van der Waals surface area (Å²) in [7, 11) is 0. The molecule has 0 radical (unpaired) electrons. The Morgan fingerprint density at radius 2 is 0.750 bits per heavy atom. The molecule has 0 nitrogen and oxygen atoms in total. The third kappa shape index (κ3) is 11.4. The zero-order valence-corrected chi connectivity index (χ0v) is 18.4. The minimum absolute atomic E-state index is 0.213. The monoisotopic (exact) mass is 426 g/mol. The van der Waals surface area contributed by atoms with Crippen LogP contribution in [-0.2, 0) is 0 Å². The van der Waals surface area contributed by atoms with Crippen LogP contribution in [-0.4, -0.2) is 43.0 Å². The van der Waals surface area contributed by atoms with Crippen LogP contribution < -0.4 is 0 Å². The zero-order valence-electron chi connectivity index (χ0n) is 11.3. The summed E-state index contributed by atoms with van der Waals surface area (Å²) in [6, 6.07) is 0. The second-order valence-corrected chi connectivity index (χ2v) is 10.0. The molecule has 0 heterocycles. The second kappa shape index (κ2) is 13.1. The van der Waals surface area contributed by atoms with Gasteiger partial charge in [-0.25, -0.2) is 0 Å². The third-order valence-electron chi connectivity index (χ3n) is 2.98. The predicted molar refractivity (Wildman–Crippen MR) is 123 cm³/mol. The van der Waals surface area contributed by atoms with Crippen LogP contribution in [0.3, 0.4) is 0 Å². The summed E-state index contributed by atoms with van der Waals surface area (Å²) in [6.07, 6.45) is 3.72. The largest absolute Gasteiger partial charge is 0.178 e. The van der Waals surface area contributed by atoms with Gasteiger partial charge in [0.25, 0.3) is 0 Å². The van der Waals surface area contributed by atoms with Crippen molar-refractivity contribution in [2.24, 2.45) is 0 Å². The minimum Gasteiger partial charge on any atom is -0.178 e. The van der Waals surface area contributed by atoms with E-state index in [0.717, 1.165) is 37.2 Å². The molecule has 0 aliphatic heterocycles. The van der Waals surface area contributed by atoms with Crippen LogP contribution in [0.15, 0.2) is 0 Å². The molecule has 8 heteroatoms. The van der Waals surface area contributed by atoms with Gasteiger partial charge >= 0.3 is 0 Å². The quantitative estimate of drug-likeness (QED) is 0.223. The maximum Gasteiger partial charge on any atom is 0.0144 e. The van der Waals surface area contributed by atoms with Crippen molar-refractivity contribution in [2.75, 3.05) is 11.5 Å². The molecule has 0 bridgehead atoms. The van der Waals surface area contributed by atoms with Gasteiger partial charge in [-0.3, -0.25) is 0 Å². The summed E-state index contributed by atoms with van der Waals surface area (Å²) in [5.41, 5.74) is 0. The van der Waals surface area contributed by atoms with Crippen molar-refractivity contribution < 1.29 is 0 Å². The summed E-state index contributed by atoms with van der Waals surface area (Å²) in [4.78, 5) is 0. The predicted octanol–water partition coefficient (Wildman–Crippen LogP) is 4.20. The molecular weight excluding hydrogens is 401 g/mol. The van der Waals surface area contributed by atoms with Gasteiger partial charge in [0, 0.05) is 43.0 Å². The van der Waals surface area contributed by atoms with E-state index in [4.69, 9.17) is 0 Å². The Morgan fingerprint density at radius 1 is 0.450 bits per heavy atom. The molecule has 0 spiro atoms. The second-order valence-electron chi connectivity index (χ2n) is 5.06. The van der Waals surface area contributed by atoms with Gasteiger partial charge in [-0.1, -0.05) is 0 Å². The molecule has 0 aromatic heterocycles. The first-order chi connectivity index (χ1) is 9.29. The van der Waals surface area contributed by atoms with E-state index in [1.807, 2.05) is 0 Å². The number of hydrogen-bond acceptors (Lipinski definition) is 8. The van der Waals surface area contributed by atoms with Crippen molar-refractivity contribution >= 4 is 101 Å². The average Bonchev–Trinajstić information content (AvgIpc) is 2.37. The molecule has 122 valence electrons. The molecule has 6 atom stereocenters. The van der Waals surface area contributed by atoms with E-state index in [1.165, 1.54) is 0 Å². The summed E-state index contributed by atoms with van der Waals surface area (Å²) in [5, 5.41) is 1.58. The van der Waals surface area contributed by atoms with E-state index in [9.17, 15) is 0 Å². The Balaban J connectivity index is 4.04. The fraction of sp³-hybridized carbons (Fsp3) is 1.00. The van der Waals surface area contributed by atoms with Crippen LogP contribution in [0.2, 0.25) is 0 Å². The number of hydrogen-bond donors (Lipinski definition) is 8. The molecule has 0 aromatic rings. The molecule has 0 fully saturated rings. The summed E-state index contributed by atoms with van der Waals surface area (Å²) in [6.45, 7) is 0. The van der Waals surface area contributed by atoms with Crippen molar-refractivity contribution in [3.05, 3.63) is 0 Å². The van der Waals surface area contributed by atoms with Gasteiger partial charge in [-0.05, 0) is 25.7 Å². The molecule has 0 saturated carbocycles. The average molecular weight is 427 g/mol. The SMILES string of the molecule is SCC(S)CC(S)CC(S)C(S)CC(S)CC(S)CS. The van der Waals surface area contributed by atoms with Crippen molar-refractivity contribution in [2.45, 2.75) is 57.2 Å². The highest BCUT2D eigenvalue weighted by Crippen LogP contribution is 2.27. The van der Waals surface area contributed by atoms with Crippen LogP contribution in [0.5, 0.6) is 0 Å². The number of thiol groups is 8. The van der Waals surface area contributed by atoms with E-state index in [0.29, 0.717) is 0 Å². The standard InChI is InChI=1S/C12H26S8/c13-5-9(17)1-7(15)3-11(19)12(20)4-8(16)2-10(18)6-14/h7-20H,1-6H2. The van der Waals surface area contributed by atoms with Gasteiger partial charge < -0.3 is 0 Å². The fourth-order valence-electron chi connectivity index (χ4n) is 1.84. The Kier molecular flexibility index (Phi) is 15.0. The summed E-state index contributed by atoms with van der Waals surface area (Å²) < 4.78 is 0. The van der Waals surface area contributed by atoms with Gasteiger partial charge in [0.15, 0.2) is 0 Å². The topological polar surface area (TPSA) is 0 Å². The Labute approximate surface area is 168 Å². The summed E-state index contributed by atoms with van der Waals surface area (Å²) >= 11 is 35.9. The molecule has 6 unspecified atom stereocenters. The van der Waals surface area contributed by atoms with Gasteiger partial charge in [0.1, 0.15) is 0 Å². The van der Waals surface area contributed by atoms with Crippen molar-refractivity contribution in [3.63, 3.8) is 0 Å². The molecule has 0 N–H and O–H groups in total. The first kappa shape index (κ1) is 22.8. The van der Waals surface area contributed by atoms with E-state index in [-0.39, 0.29) is 31.5 Å². The van der Waals surface area contributed by atoms with E-state index in [1.54, 1.807) is 0 Å². The van der Waals surface area contributed by atoms with Crippen LogP contribution in [0.4, 0.5) is 0 Å². The third-order valence-corrected chi connectivity index (χ3v) is 7.45. The van der Waals surface area contributed by atoms with Gasteiger partial charge in [-0.2, -0.15) is 101 Å². The van der Waals surface area contributed by atoms with Crippen LogP contribution in [0.25, 0.3) is 0 Å².